The zero-order valence-corrected chi connectivity index (χ0v) is 25.9. The van der Waals surface area contributed by atoms with Crippen molar-refractivity contribution in [3.8, 4) is 0 Å². The van der Waals surface area contributed by atoms with Crippen LogP contribution in [0.2, 0.25) is 0 Å². The molecule has 0 radical (unpaired) electrons. The van der Waals surface area contributed by atoms with Crippen LogP contribution in [0.1, 0.15) is 156 Å². The highest BCUT2D eigenvalue weighted by molar-refractivity contribution is 7.81. The minimum absolute atomic E-state index is 0.219. The first-order valence-corrected chi connectivity index (χ1v) is 16.7. The molecule has 0 aliphatic carbocycles. The third-order valence-electron chi connectivity index (χ3n) is 7.81. The van der Waals surface area contributed by atoms with Crippen molar-refractivity contribution in [2.75, 3.05) is 0 Å². The van der Waals surface area contributed by atoms with Crippen LogP contribution in [-0.2, 0) is 12.8 Å². The molecule has 0 heterocycles. The Labute approximate surface area is 241 Å². The van der Waals surface area contributed by atoms with Crippen LogP contribution in [0.25, 0.3) is 0 Å². The van der Waals surface area contributed by atoms with E-state index in [0.29, 0.717) is 0 Å². The van der Waals surface area contributed by atoms with Crippen LogP contribution in [0, 0.1) is 0 Å². The molecule has 0 aliphatic heterocycles. The predicted molar refractivity (Wildman–Crippen MR) is 174 cm³/mol. The van der Waals surface area contributed by atoms with Gasteiger partial charge in [-0.05, 0) is 54.4 Å². The van der Waals surface area contributed by atoms with Crippen molar-refractivity contribution in [1.29, 1.82) is 0 Å². The summed E-state index contributed by atoms with van der Waals surface area (Å²) in [5.74, 6) is 0. The van der Waals surface area contributed by atoms with Gasteiger partial charge in [-0.1, -0.05) is 152 Å². The quantitative estimate of drug-likeness (QED) is 0.108. The molecule has 2 aromatic carbocycles. The average Bonchev–Trinajstić information content (AvgIpc) is 2.92. The third kappa shape index (κ3) is 14.8. The van der Waals surface area contributed by atoms with Crippen LogP contribution >= 0.6 is 25.3 Å². The first-order valence-electron chi connectivity index (χ1n) is 15.7. The standard InChI is InChI=1S/C35H56S2/c1-3-5-7-9-11-13-15-17-19-30-21-25-32(26-22-30)34(36)29-35(37)33-27-23-31(24-28-33)20-18-16-14-12-10-8-6-4-2/h21-28,34-37H,3-20,29H2,1-2H3. The largest absolute Gasteiger partial charge is 0.171 e. The number of unbranched alkanes of at least 4 members (excludes halogenated alkanes) is 14. The lowest BCUT2D eigenvalue weighted by Gasteiger charge is -2.18. The SMILES string of the molecule is CCCCCCCCCCc1ccc(C(S)CC(S)c2ccc(CCCCCCCCCC)cc2)cc1. The molecule has 0 N–H and O–H groups in total. The number of rotatable bonds is 22. The van der Waals surface area contributed by atoms with Crippen molar-refractivity contribution >= 4 is 25.3 Å². The molecule has 37 heavy (non-hydrogen) atoms. The van der Waals surface area contributed by atoms with E-state index in [1.807, 2.05) is 0 Å². The van der Waals surface area contributed by atoms with Crippen molar-refractivity contribution in [1.82, 2.24) is 0 Å². The zero-order valence-electron chi connectivity index (χ0n) is 24.1. The summed E-state index contributed by atoms with van der Waals surface area (Å²) >= 11 is 9.88. The predicted octanol–water partition coefficient (Wildman–Crippen LogP) is 12.1. The average molecular weight is 541 g/mol. The second-order valence-corrected chi connectivity index (χ2v) is 12.4. The number of aryl methyl sites for hydroxylation is 2. The summed E-state index contributed by atoms with van der Waals surface area (Å²) < 4.78 is 0. The van der Waals surface area contributed by atoms with Crippen molar-refractivity contribution in [2.45, 2.75) is 146 Å². The number of thiol groups is 2. The van der Waals surface area contributed by atoms with E-state index < -0.39 is 0 Å². The highest BCUT2D eigenvalue weighted by atomic mass is 32.1. The lowest BCUT2D eigenvalue weighted by atomic mass is 9.98. The van der Waals surface area contributed by atoms with Crippen molar-refractivity contribution in [3.05, 3.63) is 70.8 Å². The fourth-order valence-electron chi connectivity index (χ4n) is 5.22. The molecule has 2 unspecified atom stereocenters. The van der Waals surface area contributed by atoms with E-state index in [4.69, 9.17) is 25.3 Å². The second kappa shape index (κ2) is 21.0. The maximum Gasteiger partial charge on any atom is 0.0280 e. The molecule has 0 bridgehead atoms. The van der Waals surface area contributed by atoms with E-state index in [9.17, 15) is 0 Å². The van der Waals surface area contributed by atoms with Gasteiger partial charge in [0.05, 0.1) is 0 Å². The molecule has 0 nitrogen and oxygen atoms in total. The second-order valence-electron chi connectivity index (χ2n) is 11.2. The monoisotopic (exact) mass is 540 g/mol. The van der Waals surface area contributed by atoms with Crippen LogP contribution in [0.15, 0.2) is 48.5 Å². The maximum atomic E-state index is 4.94. The molecule has 0 saturated carbocycles. The van der Waals surface area contributed by atoms with E-state index in [1.165, 1.54) is 138 Å². The van der Waals surface area contributed by atoms with Gasteiger partial charge in [0.25, 0.3) is 0 Å². The van der Waals surface area contributed by atoms with Crippen LogP contribution in [0.5, 0.6) is 0 Å². The minimum atomic E-state index is 0.219. The first-order chi connectivity index (χ1) is 18.1. The molecule has 2 atom stereocenters. The normalized spacial score (nSPS) is 13.1. The van der Waals surface area contributed by atoms with Crippen LogP contribution in [-0.4, -0.2) is 0 Å². The maximum absolute atomic E-state index is 4.94. The lowest BCUT2D eigenvalue weighted by Crippen LogP contribution is -1.99. The van der Waals surface area contributed by atoms with Gasteiger partial charge in [-0.3, -0.25) is 0 Å². The topological polar surface area (TPSA) is 0 Å². The third-order valence-corrected chi connectivity index (χ3v) is 8.83. The van der Waals surface area contributed by atoms with Gasteiger partial charge in [-0.25, -0.2) is 0 Å². The molecule has 0 amide bonds. The minimum Gasteiger partial charge on any atom is -0.171 e. The van der Waals surface area contributed by atoms with Gasteiger partial charge >= 0.3 is 0 Å². The molecule has 208 valence electrons. The van der Waals surface area contributed by atoms with E-state index >= 15 is 0 Å². The Bertz CT molecular complexity index is 712. The van der Waals surface area contributed by atoms with E-state index in [1.54, 1.807) is 0 Å². The fourth-order valence-corrected chi connectivity index (χ4v) is 6.15. The first kappa shape index (κ1) is 32.4. The molecule has 0 fully saturated rings. The van der Waals surface area contributed by atoms with Gasteiger partial charge in [0, 0.05) is 10.5 Å². The van der Waals surface area contributed by atoms with Gasteiger partial charge in [-0.15, -0.1) is 0 Å². The Kier molecular flexibility index (Phi) is 18.4. The van der Waals surface area contributed by atoms with E-state index in [0.717, 1.165) is 6.42 Å². The molecular weight excluding hydrogens is 485 g/mol. The Balaban J connectivity index is 1.64. The van der Waals surface area contributed by atoms with Crippen LogP contribution < -0.4 is 0 Å². The molecular formula is C35H56S2. The summed E-state index contributed by atoms with van der Waals surface area (Å²) in [6.07, 6.45) is 25.4. The zero-order chi connectivity index (χ0) is 26.6. The summed E-state index contributed by atoms with van der Waals surface area (Å²) in [5.41, 5.74) is 5.55. The van der Waals surface area contributed by atoms with E-state index in [-0.39, 0.29) is 10.5 Å². The number of benzene rings is 2. The summed E-state index contributed by atoms with van der Waals surface area (Å²) in [7, 11) is 0. The van der Waals surface area contributed by atoms with Crippen molar-refractivity contribution in [3.63, 3.8) is 0 Å². The Hall–Kier alpha value is -0.860. The number of hydrogen-bond acceptors (Lipinski definition) is 2. The lowest BCUT2D eigenvalue weighted by molar-refractivity contribution is 0.575. The van der Waals surface area contributed by atoms with Gasteiger partial charge in [-0.2, -0.15) is 25.3 Å². The Morgan fingerprint density at radius 2 is 0.730 bits per heavy atom. The number of hydrogen-bond donors (Lipinski definition) is 2. The van der Waals surface area contributed by atoms with E-state index in [2.05, 4.69) is 62.4 Å². The molecule has 2 rings (SSSR count). The molecule has 2 aromatic rings. The fraction of sp³-hybridized carbons (Fsp3) is 0.657. The molecule has 0 spiro atoms. The smallest absolute Gasteiger partial charge is 0.0280 e. The van der Waals surface area contributed by atoms with Gasteiger partial charge in [0.15, 0.2) is 0 Å². The molecule has 0 aromatic heterocycles. The molecule has 2 heteroatoms. The van der Waals surface area contributed by atoms with Gasteiger partial charge < -0.3 is 0 Å². The Morgan fingerprint density at radius 3 is 1.05 bits per heavy atom. The molecule has 0 saturated heterocycles. The van der Waals surface area contributed by atoms with Crippen LogP contribution in [0.4, 0.5) is 0 Å². The van der Waals surface area contributed by atoms with Crippen LogP contribution in [0.3, 0.4) is 0 Å². The van der Waals surface area contributed by atoms with Crippen molar-refractivity contribution < 1.29 is 0 Å². The van der Waals surface area contributed by atoms with Gasteiger partial charge in [0.2, 0.25) is 0 Å². The molecule has 0 aliphatic rings. The summed E-state index contributed by atoms with van der Waals surface area (Å²) in [5, 5.41) is 0.438. The summed E-state index contributed by atoms with van der Waals surface area (Å²) in [6.45, 7) is 4.57. The van der Waals surface area contributed by atoms with Crippen molar-refractivity contribution in [2.24, 2.45) is 0 Å². The summed E-state index contributed by atoms with van der Waals surface area (Å²) in [4.78, 5) is 0. The highest BCUT2D eigenvalue weighted by Crippen LogP contribution is 2.35. The highest BCUT2D eigenvalue weighted by Gasteiger charge is 2.14. The Morgan fingerprint density at radius 1 is 0.432 bits per heavy atom. The van der Waals surface area contributed by atoms with Gasteiger partial charge in [0.1, 0.15) is 0 Å². The summed E-state index contributed by atoms with van der Waals surface area (Å²) in [6, 6.07) is 18.4.